The van der Waals surface area contributed by atoms with E-state index in [2.05, 4.69) is 206 Å². The standard InChI is InChI=1S/C57H35N3S/c1-2-16-36(17-3-1)41-21-6-11-27-49(41)56-58-55(59-57(60-56)50-30-15-29-48-42-22-12-13-31-51(42)61-54(48)50)39-34-32-38(33-35-39)52-44-23-7-9-25-46(44)53(47-26-10-8-24-45(47)52)43-28-14-19-37-18-4-5-20-40(37)43/h1-35H. The Labute approximate surface area is 356 Å². The molecule has 0 radical (unpaired) electrons. The Morgan fingerprint density at radius 2 is 0.738 bits per heavy atom. The summed E-state index contributed by atoms with van der Waals surface area (Å²) in [5.74, 6) is 1.93. The fourth-order valence-corrected chi connectivity index (χ4v) is 10.4. The number of nitrogens with zero attached hydrogens (tertiary/aromatic N) is 3. The first kappa shape index (κ1) is 35.2. The number of aromatic nitrogens is 3. The smallest absolute Gasteiger partial charge is 0.165 e. The van der Waals surface area contributed by atoms with E-state index in [1.54, 1.807) is 11.3 Å². The highest BCUT2D eigenvalue weighted by Crippen LogP contribution is 2.46. The van der Waals surface area contributed by atoms with Crippen LogP contribution < -0.4 is 0 Å². The second kappa shape index (κ2) is 14.5. The summed E-state index contributed by atoms with van der Waals surface area (Å²) >= 11 is 1.79. The van der Waals surface area contributed by atoms with Crippen molar-refractivity contribution in [1.29, 1.82) is 0 Å². The van der Waals surface area contributed by atoms with Gasteiger partial charge in [-0.15, -0.1) is 11.3 Å². The molecule has 0 fully saturated rings. The number of hydrogen-bond donors (Lipinski definition) is 0. The first-order valence-corrected chi connectivity index (χ1v) is 21.4. The number of hydrogen-bond acceptors (Lipinski definition) is 4. The van der Waals surface area contributed by atoms with Crippen molar-refractivity contribution in [3.8, 4) is 67.5 Å². The Kier molecular flexibility index (Phi) is 8.36. The van der Waals surface area contributed by atoms with Crippen molar-refractivity contribution in [3.63, 3.8) is 0 Å². The lowest BCUT2D eigenvalue weighted by Gasteiger charge is -2.19. The van der Waals surface area contributed by atoms with Gasteiger partial charge in [0.1, 0.15) is 0 Å². The van der Waals surface area contributed by atoms with Crippen molar-refractivity contribution < 1.29 is 0 Å². The molecule has 0 unspecified atom stereocenters. The van der Waals surface area contributed by atoms with E-state index in [0.29, 0.717) is 17.5 Å². The molecule has 0 N–H and O–H groups in total. The number of rotatable bonds is 6. The fraction of sp³-hybridized carbons (Fsp3) is 0. The van der Waals surface area contributed by atoms with Crippen LogP contribution in [0.5, 0.6) is 0 Å². The minimum atomic E-state index is 0.633. The Morgan fingerprint density at radius 1 is 0.262 bits per heavy atom. The van der Waals surface area contributed by atoms with E-state index in [4.69, 9.17) is 15.0 Å². The average Bonchev–Trinajstić information content (AvgIpc) is 3.72. The molecule has 0 saturated carbocycles. The average molecular weight is 794 g/mol. The Bertz CT molecular complexity index is 3580. The van der Waals surface area contributed by atoms with Crippen molar-refractivity contribution in [3.05, 3.63) is 212 Å². The van der Waals surface area contributed by atoms with E-state index in [-0.39, 0.29) is 0 Å². The Hall–Kier alpha value is -7.79. The molecule has 0 amide bonds. The molecular weight excluding hydrogens is 759 g/mol. The molecule has 12 rings (SSSR count). The van der Waals surface area contributed by atoms with Crippen LogP contribution in [0.25, 0.3) is 120 Å². The molecule has 0 aliphatic heterocycles. The maximum atomic E-state index is 5.28. The van der Waals surface area contributed by atoms with Gasteiger partial charge in [0.2, 0.25) is 0 Å². The van der Waals surface area contributed by atoms with E-state index in [0.717, 1.165) is 33.4 Å². The molecule has 0 bridgehead atoms. The summed E-state index contributed by atoms with van der Waals surface area (Å²) in [6.45, 7) is 0. The third kappa shape index (κ3) is 5.91. The summed E-state index contributed by atoms with van der Waals surface area (Å²) in [6.07, 6.45) is 0. The minimum Gasteiger partial charge on any atom is -0.208 e. The van der Waals surface area contributed by atoms with Crippen LogP contribution in [0.1, 0.15) is 0 Å². The van der Waals surface area contributed by atoms with Crippen LogP contribution in [0.2, 0.25) is 0 Å². The zero-order chi connectivity index (χ0) is 40.3. The summed E-state index contributed by atoms with van der Waals surface area (Å²) < 4.78 is 2.42. The van der Waals surface area contributed by atoms with Crippen LogP contribution in [-0.2, 0) is 0 Å². The lowest BCUT2D eigenvalue weighted by molar-refractivity contribution is 1.08. The Balaban J connectivity index is 1.05. The Morgan fingerprint density at radius 3 is 1.48 bits per heavy atom. The molecule has 4 heteroatoms. The van der Waals surface area contributed by atoms with Crippen LogP contribution in [0.4, 0.5) is 0 Å². The number of thiophene rings is 1. The molecule has 0 atom stereocenters. The van der Waals surface area contributed by atoms with E-state index >= 15 is 0 Å². The largest absolute Gasteiger partial charge is 0.208 e. The maximum Gasteiger partial charge on any atom is 0.165 e. The summed E-state index contributed by atoms with van der Waals surface area (Å²) in [5.41, 5.74) is 9.94. The van der Waals surface area contributed by atoms with E-state index in [1.807, 2.05) is 6.07 Å². The summed E-state index contributed by atoms with van der Waals surface area (Å²) in [6, 6.07) is 75.8. The lowest BCUT2D eigenvalue weighted by atomic mass is 9.84. The second-order valence-electron chi connectivity index (χ2n) is 15.4. The van der Waals surface area contributed by atoms with E-state index in [9.17, 15) is 0 Å². The molecule has 2 heterocycles. The quantitative estimate of drug-likeness (QED) is 0.157. The molecule has 0 saturated heterocycles. The number of benzene rings is 10. The lowest BCUT2D eigenvalue weighted by Crippen LogP contribution is -2.01. The van der Waals surface area contributed by atoms with Crippen LogP contribution in [0.3, 0.4) is 0 Å². The molecule has 2 aromatic heterocycles. The molecule has 10 aromatic carbocycles. The molecule has 0 aliphatic rings. The molecule has 3 nitrogen and oxygen atoms in total. The van der Waals surface area contributed by atoms with Gasteiger partial charge < -0.3 is 0 Å². The highest BCUT2D eigenvalue weighted by atomic mass is 32.1. The van der Waals surface area contributed by atoms with Crippen molar-refractivity contribution >= 4 is 63.8 Å². The van der Waals surface area contributed by atoms with Crippen molar-refractivity contribution in [2.75, 3.05) is 0 Å². The molecule has 61 heavy (non-hydrogen) atoms. The number of fused-ring (bicyclic) bond motifs is 6. The predicted molar refractivity (Wildman–Crippen MR) is 258 cm³/mol. The van der Waals surface area contributed by atoms with Gasteiger partial charge in [0.25, 0.3) is 0 Å². The first-order valence-electron chi connectivity index (χ1n) is 20.6. The minimum absolute atomic E-state index is 0.633. The van der Waals surface area contributed by atoms with Gasteiger partial charge in [0.05, 0.1) is 0 Å². The fourth-order valence-electron chi connectivity index (χ4n) is 9.18. The monoisotopic (exact) mass is 793 g/mol. The van der Waals surface area contributed by atoms with Gasteiger partial charge in [-0.25, -0.2) is 15.0 Å². The second-order valence-corrected chi connectivity index (χ2v) is 16.5. The summed E-state index contributed by atoms with van der Waals surface area (Å²) in [4.78, 5) is 15.8. The van der Waals surface area contributed by atoms with Crippen molar-refractivity contribution in [2.45, 2.75) is 0 Å². The normalized spacial score (nSPS) is 11.6. The van der Waals surface area contributed by atoms with Gasteiger partial charge in [-0.3, -0.25) is 0 Å². The predicted octanol–water partition coefficient (Wildman–Crippen LogP) is 15.7. The molecule has 12 aromatic rings. The van der Waals surface area contributed by atoms with Gasteiger partial charge in [0, 0.05) is 36.9 Å². The SMILES string of the molecule is c1ccc(-c2ccccc2-c2nc(-c3ccc(-c4c5ccccc5c(-c5cccc6ccccc56)c5ccccc45)cc3)nc(-c3cccc4c3sc3ccccc34)n2)cc1. The van der Waals surface area contributed by atoms with Gasteiger partial charge in [-0.1, -0.05) is 200 Å². The summed E-state index contributed by atoms with van der Waals surface area (Å²) in [5, 5.41) is 9.85. The highest BCUT2D eigenvalue weighted by molar-refractivity contribution is 7.26. The zero-order valence-electron chi connectivity index (χ0n) is 33.0. The third-order valence-corrected chi connectivity index (χ3v) is 13.2. The van der Waals surface area contributed by atoms with Gasteiger partial charge >= 0.3 is 0 Å². The van der Waals surface area contributed by atoms with Crippen LogP contribution >= 0.6 is 11.3 Å². The third-order valence-electron chi connectivity index (χ3n) is 12.0. The van der Waals surface area contributed by atoms with Crippen molar-refractivity contribution in [2.24, 2.45) is 0 Å². The molecule has 0 spiro atoms. The van der Waals surface area contributed by atoms with Crippen LogP contribution in [-0.4, -0.2) is 15.0 Å². The molecular formula is C57H35N3S. The zero-order valence-corrected chi connectivity index (χ0v) is 33.8. The van der Waals surface area contributed by atoms with Gasteiger partial charge in [-0.2, -0.15) is 0 Å². The topological polar surface area (TPSA) is 38.7 Å². The highest BCUT2D eigenvalue weighted by Gasteiger charge is 2.21. The molecule has 284 valence electrons. The van der Waals surface area contributed by atoms with Gasteiger partial charge in [-0.05, 0) is 77.8 Å². The van der Waals surface area contributed by atoms with Crippen LogP contribution in [0.15, 0.2) is 212 Å². The van der Waals surface area contributed by atoms with E-state index in [1.165, 1.54) is 69.2 Å². The maximum absolute atomic E-state index is 5.28. The first-order chi connectivity index (χ1) is 30.3. The van der Waals surface area contributed by atoms with Gasteiger partial charge in [0.15, 0.2) is 17.5 Å². The van der Waals surface area contributed by atoms with Crippen LogP contribution in [0, 0.1) is 0 Å². The summed E-state index contributed by atoms with van der Waals surface area (Å²) in [7, 11) is 0. The molecule has 0 aliphatic carbocycles. The van der Waals surface area contributed by atoms with Crippen molar-refractivity contribution in [1.82, 2.24) is 15.0 Å². The van der Waals surface area contributed by atoms with E-state index < -0.39 is 0 Å².